The van der Waals surface area contributed by atoms with Crippen LogP contribution in [0.1, 0.15) is 12.7 Å². The number of sulfonamides is 1. The van der Waals surface area contributed by atoms with Crippen molar-refractivity contribution in [2.45, 2.75) is 24.7 Å². The summed E-state index contributed by atoms with van der Waals surface area (Å²) in [5, 5.41) is 2.91. The lowest BCUT2D eigenvalue weighted by Gasteiger charge is -2.29. The molecule has 1 aromatic rings. The van der Waals surface area contributed by atoms with Crippen molar-refractivity contribution in [3.63, 3.8) is 0 Å². The van der Waals surface area contributed by atoms with Gasteiger partial charge in [0.05, 0.1) is 19.3 Å². The fraction of sp³-hybridized carbons (Fsp3) is 0.636. The lowest BCUT2D eigenvalue weighted by molar-refractivity contribution is 0.00975. The van der Waals surface area contributed by atoms with Crippen LogP contribution in [0.15, 0.2) is 21.6 Å². The molecule has 7 heteroatoms. The van der Waals surface area contributed by atoms with E-state index in [0.29, 0.717) is 32.0 Å². The average molecular weight is 274 g/mol. The van der Waals surface area contributed by atoms with E-state index in [1.54, 1.807) is 13.1 Å². The Balaban J connectivity index is 2.18. The Kier molecular flexibility index (Phi) is 4.06. The molecular weight excluding hydrogens is 256 g/mol. The van der Waals surface area contributed by atoms with Crippen LogP contribution in [-0.2, 0) is 21.3 Å². The van der Waals surface area contributed by atoms with Gasteiger partial charge in [-0.05, 0) is 26.1 Å². The third-order valence-corrected chi connectivity index (χ3v) is 4.53. The van der Waals surface area contributed by atoms with E-state index in [-0.39, 0.29) is 11.2 Å². The molecule has 1 aliphatic rings. The summed E-state index contributed by atoms with van der Waals surface area (Å²) in [5.74, 6) is 0.609. The highest BCUT2D eigenvalue weighted by Gasteiger charge is 2.31. The standard InChI is InChI=1S/C11H18N2O4S/c1-9-8-13(5-6-16-9)18(14,15)11-4-3-10(17-11)7-12-2/h3-4,9,12H,5-8H2,1-2H3. The highest BCUT2D eigenvalue weighted by Crippen LogP contribution is 2.20. The maximum Gasteiger partial charge on any atom is 0.276 e. The number of nitrogens with one attached hydrogen (secondary N) is 1. The Morgan fingerprint density at radius 1 is 1.50 bits per heavy atom. The van der Waals surface area contributed by atoms with Crippen molar-refractivity contribution in [3.8, 4) is 0 Å². The van der Waals surface area contributed by atoms with Gasteiger partial charge in [-0.2, -0.15) is 4.31 Å². The van der Waals surface area contributed by atoms with Crippen LogP contribution in [0, 0.1) is 0 Å². The van der Waals surface area contributed by atoms with Crippen molar-refractivity contribution < 1.29 is 17.6 Å². The van der Waals surface area contributed by atoms with Gasteiger partial charge >= 0.3 is 0 Å². The largest absolute Gasteiger partial charge is 0.447 e. The molecule has 0 amide bonds. The summed E-state index contributed by atoms with van der Waals surface area (Å²) in [7, 11) is -1.76. The van der Waals surface area contributed by atoms with Gasteiger partial charge in [-0.3, -0.25) is 0 Å². The average Bonchev–Trinajstić information content (AvgIpc) is 2.79. The Morgan fingerprint density at radius 3 is 2.94 bits per heavy atom. The van der Waals surface area contributed by atoms with Crippen LogP contribution in [0.5, 0.6) is 0 Å². The Bertz CT molecular complexity index is 497. The predicted octanol–water partition coefficient (Wildman–Crippen LogP) is 0.408. The van der Waals surface area contributed by atoms with E-state index in [1.807, 2.05) is 6.92 Å². The van der Waals surface area contributed by atoms with Gasteiger partial charge in [0.2, 0.25) is 5.09 Å². The number of nitrogens with zero attached hydrogens (tertiary/aromatic N) is 1. The molecule has 1 fully saturated rings. The molecule has 0 saturated carbocycles. The van der Waals surface area contributed by atoms with Gasteiger partial charge in [0, 0.05) is 13.1 Å². The van der Waals surface area contributed by atoms with E-state index in [2.05, 4.69) is 5.32 Å². The summed E-state index contributed by atoms with van der Waals surface area (Å²) in [5.41, 5.74) is 0. The van der Waals surface area contributed by atoms with E-state index in [4.69, 9.17) is 9.15 Å². The maximum atomic E-state index is 12.3. The minimum Gasteiger partial charge on any atom is -0.447 e. The zero-order valence-electron chi connectivity index (χ0n) is 10.5. The van der Waals surface area contributed by atoms with Crippen LogP contribution in [-0.4, -0.2) is 45.6 Å². The molecule has 1 unspecified atom stereocenters. The smallest absolute Gasteiger partial charge is 0.276 e. The van der Waals surface area contributed by atoms with Crippen LogP contribution in [0.3, 0.4) is 0 Å². The summed E-state index contributed by atoms with van der Waals surface area (Å²) in [6, 6.07) is 3.18. The third kappa shape index (κ3) is 2.74. The Labute approximate surface area is 107 Å². The number of furan rings is 1. The zero-order valence-corrected chi connectivity index (χ0v) is 11.4. The van der Waals surface area contributed by atoms with Gasteiger partial charge in [-0.25, -0.2) is 8.42 Å². The van der Waals surface area contributed by atoms with Gasteiger partial charge in [0.25, 0.3) is 10.0 Å². The van der Waals surface area contributed by atoms with Crippen molar-refractivity contribution >= 4 is 10.0 Å². The summed E-state index contributed by atoms with van der Waals surface area (Å²) >= 11 is 0. The van der Waals surface area contributed by atoms with Crippen molar-refractivity contribution in [2.24, 2.45) is 0 Å². The van der Waals surface area contributed by atoms with Crippen LogP contribution < -0.4 is 5.32 Å². The molecule has 0 aromatic carbocycles. The molecule has 1 atom stereocenters. The molecule has 0 spiro atoms. The fourth-order valence-corrected chi connectivity index (χ4v) is 3.33. The van der Waals surface area contributed by atoms with Gasteiger partial charge in [0.1, 0.15) is 5.76 Å². The predicted molar refractivity (Wildman–Crippen MR) is 65.6 cm³/mol. The molecular formula is C11H18N2O4S. The van der Waals surface area contributed by atoms with Crippen LogP contribution >= 0.6 is 0 Å². The highest BCUT2D eigenvalue weighted by atomic mass is 32.2. The summed E-state index contributed by atoms with van der Waals surface area (Å²) in [6.45, 7) is 3.52. The zero-order chi connectivity index (χ0) is 13.2. The quantitative estimate of drug-likeness (QED) is 0.861. The lowest BCUT2D eigenvalue weighted by atomic mass is 10.3. The molecule has 102 valence electrons. The number of hydrogen-bond acceptors (Lipinski definition) is 5. The summed E-state index contributed by atoms with van der Waals surface area (Å²) in [4.78, 5) is 0. The Hall–Kier alpha value is -0.890. The maximum absolute atomic E-state index is 12.3. The third-order valence-electron chi connectivity index (χ3n) is 2.79. The SMILES string of the molecule is CNCc1ccc(S(=O)(=O)N2CCOC(C)C2)o1. The van der Waals surface area contributed by atoms with Gasteiger partial charge < -0.3 is 14.5 Å². The minimum atomic E-state index is -3.53. The van der Waals surface area contributed by atoms with Gasteiger partial charge in [-0.1, -0.05) is 0 Å². The van der Waals surface area contributed by atoms with E-state index < -0.39 is 10.0 Å². The van der Waals surface area contributed by atoms with Gasteiger partial charge in [0.15, 0.2) is 0 Å². The summed E-state index contributed by atoms with van der Waals surface area (Å²) in [6.07, 6.45) is -0.0831. The fourth-order valence-electron chi connectivity index (χ4n) is 1.90. The molecule has 0 aliphatic carbocycles. The molecule has 6 nitrogen and oxygen atoms in total. The molecule has 1 aliphatic heterocycles. The van der Waals surface area contributed by atoms with E-state index in [1.165, 1.54) is 10.4 Å². The Morgan fingerprint density at radius 2 is 2.28 bits per heavy atom. The molecule has 0 radical (unpaired) electrons. The second-order valence-corrected chi connectivity index (χ2v) is 6.16. The molecule has 1 saturated heterocycles. The highest BCUT2D eigenvalue weighted by molar-refractivity contribution is 7.89. The topological polar surface area (TPSA) is 71.8 Å². The second kappa shape index (κ2) is 5.40. The van der Waals surface area contributed by atoms with Crippen molar-refractivity contribution in [1.82, 2.24) is 9.62 Å². The summed E-state index contributed by atoms with van der Waals surface area (Å²) < 4.78 is 36.7. The first kappa shape index (κ1) is 13.5. The molecule has 1 aromatic heterocycles. The lowest BCUT2D eigenvalue weighted by Crippen LogP contribution is -2.44. The number of rotatable bonds is 4. The second-order valence-electron chi connectivity index (χ2n) is 4.30. The van der Waals surface area contributed by atoms with Crippen molar-refractivity contribution in [1.29, 1.82) is 0 Å². The number of hydrogen-bond donors (Lipinski definition) is 1. The molecule has 2 heterocycles. The normalized spacial score (nSPS) is 22.2. The van der Waals surface area contributed by atoms with Crippen LogP contribution in [0.25, 0.3) is 0 Å². The van der Waals surface area contributed by atoms with Crippen molar-refractivity contribution in [3.05, 3.63) is 17.9 Å². The number of ether oxygens (including phenoxy) is 1. The monoisotopic (exact) mass is 274 g/mol. The van der Waals surface area contributed by atoms with E-state index >= 15 is 0 Å². The van der Waals surface area contributed by atoms with Crippen molar-refractivity contribution in [2.75, 3.05) is 26.7 Å². The first-order valence-electron chi connectivity index (χ1n) is 5.89. The van der Waals surface area contributed by atoms with Crippen LogP contribution in [0.2, 0.25) is 0 Å². The molecule has 0 bridgehead atoms. The molecule has 18 heavy (non-hydrogen) atoms. The van der Waals surface area contributed by atoms with Gasteiger partial charge in [-0.15, -0.1) is 0 Å². The first-order chi connectivity index (χ1) is 8.54. The van der Waals surface area contributed by atoms with E-state index in [9.17, 15) is 8.42 Å². The molecule has 1 N–H and O–H groups in total. The van der Waals surface area contributed by atoms with E-state index in [0.717, 1.165) is 0 Å². The minimum absolute atomic E-state index is 0.00171. The van der Waals surface area contributed by atoms with Crippen LogP contribution in [0.4, 0.5) is 0 Å². The molecule has 2 rings (SSSR count). The number of morpholine rings is 1. The first-order valence-corrected chi connectivity index (χ1v) is 7.33.